The largest absolute Gasteiger partial charge is 0.497 e. The maximum absolute atomic E-state index is 12.6. The first kappa shape index (κ1) is 17.3. The van der Waals surface area contributed by atoms with Gasteiger partial charge in [-0.3, -0.25) is 9.52 Å². The van der Waals surface area contributed by atoms with Crippen molar-refractivity contribution in [3.05, 3.63) is 48.0 Å². The lowest BCUT2D eigenvalue weighted by atomic mass is 10.2. The van der Waals surface area contributed by atoms with Gasteiger partial charge in [-0.05, 0) is 61.4 Å². The van der Waals surface area contributed by atoms with Crippen molar-refractivity contribution < 1.29 is 17.9 Å². The average Bonchev–Trinajstić information content (AvgIpc) is 3.01. The molecule has 1 aliphatic heterocycles. The van der Waals surface area contributed by atoms with E-state index in [-0.39, 0.29) is 10.8 Å². The summed E-state index contributed by atoms with van der Waals surface area (Å²) in [6.07, 6.45) is 1.41. The second kappa shape index (κ2) is 6.76. The first-order valence-electron chi connectivity index (χ1n) is 7.98. The van der Waals surface area contributed by atoms with Crippen LogP contribution in [0.25, 0.3) is 0 Å². The topological polar surface area (TPSA) is 75.7 Å². The Morgan fingerprint density at radius 3 is 2.40 bits per heavy atom. The van der Waals surface area contributed by atoms with Crippen LogP contribution >= 0.6 is 0 Å². The van der Waals surface area contributed by atoms with Gasteiger partial charge in [0.15, 0.2) is 0 Å². The van der Waals surface area contributed by atoms with Crippen LogP contribution in [0.1, 0.15) is 18.4 Å². The fourth-order valence-corrected chi connectivity index (χ4v) is 4.18. The highest BCUT2D eigenvalue weighted by Gasteiger charge is 2.22. The van der Waals surface area contributed by atoms with E-state index < -0.39 is 10.0 Å². The van der Waals surface area contributed by atoms with Gasteiger partial charge in [0.05, 0.1) is 12.0 Å². The van der Waals surface area contributed by atoms with Gasteiger partial charge in [0, 0.05) is 24.3 Å². The van der Waals surface area contributed by atoms with Gasteiger partial charge < -0.3 is 9.64 Å². The molecular formula is C18H20N2O4S. The molecule has 1 N–H and O–H groups in total. The second-order valence-electron chi connectivity index (χ2n) is 5.93. The number of hydrogen-bond acceptors (Lipinski definition) is 4. The summed E-state index contributed by atoms with van der Waals surface area (Å²) in [4.78, 5) is 13.7. The quantitative estimate of drug-likeness (QED) is 0.889. The normalized spacial score (nSPS) is 14.6. The molecule has 1 heterocycles. The van der Waals surface area contributed by atoms with E-state index in [1.165, 1.54) is 13.2 Å². The van der Waals surface area contributed by atoms with Crippen molar-refractivity contribution in [3.8, 4) is 5.75 Å². The Morgan fingerprint density at radius 1 is 1.12 bits per heavy atom. The Kier molecular flexibility index (Phi) is 4.67. The van der Waals surface area contributed by atoms with Crippen molar-refractivity contribution >= 4 is 27.3 Å². The monoisotopic (exact) mass is 360 g/mol. The number of benzene rings is 2. The summed E-state index contributed by atoms with van der Waals surface area (Å²) >= 11 is 0. The first-order chi connectivity index (χ1) is 11.9. The van der Waals surface area contributed by atoms with Crippen LogP contribution in [0.15, 0.2) is 47.4 Å². The van der Waals surface area contributed by atoms with Gasteiger partial charge in [-0.15, -0.1) is 0 Å². The number of sulfonamides is 1. The average molecular weight is 360 g/mol. The lowest BCUT2D eigenvalue weighted by Crippen LogP contribution is -2.23. The van der Waals surface area contributed by atoms with Gasteiger partial charge >= 0.3 is 0 Å². The zero-order chi connectivity index (χ0) is 18.0. The lowest BCUT2D eigenvalue weighted by molar-refractivity contribution is -0.117. The Hall–Kier alpha value is -2.54. The van der Waals surface area contributed by atoms with E-state index in [9.17, 15) is 13.2 Å². The summed E-state index contributed by atoms with van der Waals surface area (Å²) in [5.41, 5.74) is 1.84. The summed E-state index contributed by atoms with van der Waals surface area (Å²) in [6, 6.07) is 11.6. The maximum Gasteiger partial charge on any atom is 0.262 e. The highest BCUT2D eigenvalue weighted by Crippen LogP contribution is 2.26. The molecule has 132 valence electrons. The first-order valence-corrected chi connectivity index (χ1v) is 9.47. The van der Waals surface area contributed by atoms with E-state index in [0.29, 0.717) is 30.0 Å². The molecule has 7 heteroatoms. The van der Waals surface area contributed by atoms with E-state index in [4.69, 9.17) is 4.74 Å². The van der Waals surface area contributed by atoms with Crippen LogP contribution in [0.2, 0.25) is 0 Å². The number of nitrogens with one attached hydrogen (secondary N) is 1. The minimum absolute atomic E-state index is 0.0992. The third kappa shape index (κ3) is 3.61. The van der Waals surface area contributed by atoms with E-state index in [1.807, 2.05) is 0 Å². The molecule has 1 fully saturated rings. The minimum atomic E-state index is -3.70. The molecule has 2 aromatic carbocycles. The van der Waals surface area contributed by atoms with Crippen LogP contribution in [0.4, 0.5) is 11.4 Å². The SMILES string of the molecule is COc1ccc(S(=O)(=O)Nc2ccc(N3CCCC3=O)cc2)c(C)c1. The fourth-order valence-electron chi connectivity index (χ4n) is 2.89. The molecule has 0 aliphatic carbocycles. The van der Waals surface area contributed by atoms with Gasteiger partial charge in [0.1, 0.15) is 5.75 Å². The molecule has 0 atom stereocenters. The molecule has 0 radical (unpaired) electrons. The summed E-state index contributed by atoms with van der Waals surface area (Å²) in [7, 11) is -2.16. The lowest BCUT2D eigenvalue weighted by Gasteiger charge is -2.16. The fraction of sp³-hybridized carbons (Fsp3) is 0.278. The number of ether oxygens (including phenoxy) is 1. The van der Waals surface area contributed by atoms with Crippen LogP contribution in [0, 0.1) is 6.92 Å². The van der Waals surface area contributed by atoms with Crippen molar-refractivity contribution in [2.75, 3.05) is 23.3 Å². The molecule has 25 heavy (non-hydrogen) atoms. The minimum Gasteiger partial charge on any atom is -0.497 e. The number of aryl methyl sites for hydroxylation is 1. The van der Waals surface area contributed by atoms with Crippen molar-refractivity contribution in [2.24, 2.45) is 0 Å². The van der Waals surface area contributed by atoms with Gasteiger partial charge in [0.25, 0.3) is 10.0 Å². The molecule has 1 aliphatic rings. The standard InChI is InChI=1S/C18H20N2O4S/c1-13-12-16(24-2)9-10-17(13)25(22,23)19-14-5-7-15(8-6-14)20-11-3-4-18(20)21/h5-10,12,19H,3-4,11H2,1-2H3. The Morgan fingerprint density at radius 2 is 1.84 bits per heavy atom. The predicted octanol–water partition coefficient (Wildman–Crippen LogP) is 2.93. The van der Waals surface area contributed by atoms with Crippen LogP contribution in [0.5, 0.6) is 5.75 Å². The molecule has 0 saturated carbocycles. The Labute approximate surface area is 147 Å². The van der Waals surface area contributed by atoms with E-state index in [2.05, 4.69) is 4.72 Å². The number of rotatable bonds is 5. The van der Waals surface area contributed by atoms with Gasteiger partial charge in [0.2, 0.25) is 5.91 Å². The molecule has 0 aromatic heterocycles. The van der Waals surface area contributed by atoms with Crippen LogP contribution in [0.3, 0.4) is 0 Å². The molecule has 3 rings (SSSR count). The number of anilines is 2. The maximum atomic E-state index is 12.6. The smallest absolute Gasteiger partial charge is 0.262 e. The highest BCUT2D eigenvalue weighted by atomic mass is 32.2. The molecule has 6 nitrogen and oxygen atoms in total. The molecule has 2 aromatic rings. The number of hydrogen-bond donors (Lipinski definition) is 1. The third-order valence-corrected chi connectivity index (χ3v) is 5.72. The van der Waals surface area contributed by atoms with Crippen molar-refractivity contribution in [1.82, 2.24) is 0 Å². The molecular weight excluding hydrogens is 340 g/mol. The van der Waals surface area contributed by atoms with Gasteiger partial charge in [-0.2, -0.15) is 0 Å². The summed E-state index contributed by atoms with van der Waals surface area (Å²) < 4.78 is 32.9. The molecule has 0 bridgehead atoms. The highest BCUT2D eigenvalue weighted by molar-refractivity contribution is 7.92. The van der Waals surface area contributed by atoms with E-state index >= 15 is 0 Å². The summed E-state index contributed by atoms with van der Waals surface area (Å²) in [5.74, 6) is 0.707. The van der Waals surface area contributed by atoms with Gasteiger partial charge in [-0.25, -0.2) is 8.42 Å². The van der Waals surface area contributed by atoms with Crippen LogP contribution in [-0.4, -0.2) is 28.0 Å². The van der Waals surface area contributed by atoms with Crippen molar-refractivity contribution in [3.63, 3.8) is 0 Å². The zero-order valence-electron chi connectivity index (χ0n) is 14.2. The molecule has 1 amide bonds. The zero-order valence-corrected chi connectivity index (χ0v) is 15.0. The van der Waals surface area contributed by atoms with Crippen LogP contribution in [-0.2, 0) is 14.8 Å². The molecule has 1 saturated heterocycles. The number of amides is 1. The number of methoxy groups -OCH3 is 1. The van der Waals surface area contributed by atoms with E-state index in [1.54, 1.807) is 48.2 Å². The van der Waals surface area contributed by atoms with Crippen LogP contribution < -0.4 is 14.4 Å². The second-order valence-corrected chi connectivity index (χ2v) is 7.58. The van der Waals surface area contributed by atoms with Crippen molar-refractivity contribution in [2.45, 2.75) is 24.7 Å². The van der Waals surface area contributed by atoms with E-state index in [0.717, 1.165) is 12.1 Å². The number of carbonyl (C=O) groups excluding carboxylic acids is 1. The molecule has 0 spiro atoms. The van der Waals surface area contributed by atoms with Gasteiger partial charge in [-0.1, -0.05) is 0 Å². The molecule has 0 unspecified atom stereocenters. The Bertz CT molecular complexity index is 892. The number of carbonyl (C=O) groups is 1. The predicted molar refractivity (Wildman–Crippen MR) is 96.6 cm³/mol. The summed E-state index contributed by atoms with van der Waals surface area (Å²) in [6.45, 7) is 2.42. The Balaban J connectivity index is 1.80. The number of nitrogens with zero attached hydrogens (tertiary/aromatic N) is 1. The summed E-state index contributed by atoms with van der Waals surface area (Å²) in [5, 5.41) is 0. The van der Waals surface area contributed by atoms with Crippen molar-refractivity contribution in [1.29, 1.82) is 0 Å². The third-order valence-electron chi connectivity index (χ3n) is 4.18.